The Labute approximate surface area is 236 Å². The lowest BCUT2D eigenvalue weighted by atomic mass is 9.73. The molecule has 3 aliphatic heterocycles. The molecule has 5 aromatic rings. The molecule has 1 N–H and O–H groups in total. The lowest BCUT2D eigenvalue weighted by Crippen LogP contribution is -2.55. The number of piperidine rings is 3. The Kier molecular flexibility index (Phi) is 6.71. The van der Waals surface area contributed by atoms with Crippen LogP contribution in [0.25, 0.3) is 32.4 Å². The Morgan fingerprint density at radius 2 is 1.60 bits per heavy atom. The van der Waals surface area contributed by atoms with Crippen molar-refractivity contribution < 1.29 is 9.72 Å². The highest BCUT2D eigenvalue weighted by Crippen LogP contribution is 2.44. The van der Waals surface area contributed by atoms with Crippen molar-refractivity contribution >= 4 is 32.4 Å². The zero-order valence-corrected chi connectivity index (χ0v) is 23.0. The normalized spacial score (nSPS) is 23.8. The number of aromatic nitrogens is 1. The van der Waals surface area contributed by atoms with E-state index < -0.39 is 0 Å². The summed E-state index contributed by atoms with van der Waals surface area (Å²) in [7, 11) is 0. The van der Waals surface area contributed by atoms with E-state index in [9.17, 15) is 0 Å². The minimum Gasteiger partial charge on any atom is -0.364 e. The van der Waals surface area contributed by atoms with Crippen molar-refractivity contribution in [3.05, 3.63) is 128 Å². The van der Waals surface area contributed by atoms with Gasteiger partial charge in [0.15, 0.2) is 6.20 Å². The van der Waals surface area contributed by atoms with E-state index in [1.54, 1.807) is 0 Å². The van der Waals surface area contributed by atoms with Crippen LogP contribution >= 0.6 is 0 Å². The third-order valence-corrected chi connectivity index (χ3v) is 9.42. The summed E-state index contributed by atoms with van der Waals surface area (Å²) in [6.45, 7) is 10.6. The summed E-state index contributed by atoms with van der Waals surface area (Å²) >= 11 is 0. The zero-order valence-electron chi connectivity index (χ0n) is 23.0. The van der Waals surface area contributed by atoms with E-state index in [4.69, 9.17) is 4.74 Å². The number of fused-ring (bicyclic) bond motifs is 6. The number of para-hydroxylation sites is 1. The van der Waals surface area contributed by atoms with Crippen LogP contribution in [0.5, 0.6) is 0 Å². The number of rotatable bonds is 8. The van der Waals surface area contributed by atoms with Gasteiger partial charge in [-0.1, -0.05) is 72.8 Å². The maximum atomic E-state index is 7.26. The predicted molar refractivity (Wildman–Crippen MR) is 165 cm³/mol. The van der Waals surface area contributed by atoms with Crippen LogP contribution in [0.1, 0.15) is 30.1 Å². The standard InChI is InChI=1S/C37H36N2O/c1-3-25-24-39-20-18-26(25)22-36(39)37(33-17-19-38-35-16-10-9-15-32(33)35)40-29(4-2)23-34-30-13-7-5-11-27(30)21-28-12-6-8-14-31(28)34/h3-17,19,21,25-26,29,36-37H,1-2,18,20,22-24H2/p+1/t25?,26?,29?,36-,37+/m0/s1. The third kappa shape index (κ3) is 4.44. The van der Waals surface area contributed by atoms with Gasteiger partial charge in [-0.3, -0.25) is 4.90 Å². The van der Waals surface area contributed by atoms with Crippen molar-refractivity contribution in [2.45, 2.75) is 37.5 Å². The molecule has 0 aliphatic carbocycles. The van der Waals surface area contributed by atoms with Gasteiger partial charge in [0.1, 0.15) is 0 Å². The second-order valence-electron chi connectivity index (χ2n) is 11.6. The summed E-state index contributed by atoms with van der Waals surface area (Å²) in [5.74, 6) is 1.24. The quantitative estimate of drug-likeness (QED) is 0.153. The topological polar surface area (TPSA) is 26.6 Å². The molecular weight excluding hydrogens is 488 g/mol. The summed E-state index contributed by atoms with van der Waals surface area (Å²) in [4.78, 5) is 6.11. The maximum absolute atomic E-state index is 7.26. The molecule has 8 rings (SSSR count). The lowest BCUT2D eigenvalue weighted by Gasteiger charge is -2.51. The Hall–Kier alpha value is -3.79. The van der Waals surface area contributed by atoms with Gasteiger partial charge in [-0.05, 0) is 70.5 Å². The molecule has 4 unspecified atom stereocenters. The average molecular weight is 526 g/mol. The van der Waals surface area contributed by atoms with Gasteiger partial charge in [-0.2, -0.15) is 0 Å². The predicted octanol–water partition coefficient (Wildman–Crippen LogP) is 7.71. The number of hydrogen-bond donors (Lipinski definition) is 0. The Balaban J connectivity index is 1.30. The molecule has 3 nitrogen and oxygen atoms in total. The van der Waals surface area contributed by atoms with E-state index in [-0.39, 0.29) is 12.2 Å². The first-order valence-electron chi connectivity index (χ1n) is 14.7. The highest BCUT2D eigenvalue weighted by Gasteiger charge is 2.44. The van der Waals surface area contributed by atoms with Gasteiger partial charge in [0.25, 0.3) is 0 Å². The van der Waals surface area contributed by atoms with Gasteiger partial charge >= 0.3 is 0 Å². The number of benzene rings is 4. The summed E-state index contributed by atoms with van der Waals surface area (Å²) in [5, 5.41) is 6.36. The summed E-state index contributed by atoms with van der Waals surface area (Å²) in [6, 6.07) is 30.9. The molecule has 6 atom stereocenters. The van der Waals surface area contributed by atoms with Gasteiger partial charge in [0.2, 0.25) is 5.52 Å². The molecule has 0 saturated carbocycles. The molecular formula is C37H37N2O+. The molecule has 200 valence electrons. The molecule has 40 heavy (non-hydrogen) atoms. The number of H-pyrrole nitrogens is 1. The summed E-state index contributed by atoms with van der Waals surface area (Å²) < 4.78 is 7.26. The number of pyridine rings is 1. The van der Waals surface area contributed by atoms with E-state index in [1.807, 2.05) is 6.08 Å². The van der Waals surface area contributed by atoms with Gasteiger partial charge in [-0.25, -0.2) is 4.98 Å². The number of nitrogens with one attached hydrogen (secondary N) is 1. The molecule has 3 aliphatic rings. The first-order chi connectivity index (χ1) is 19.7. The fourth-order valence-corrected chi connectivity index (χ4v) is 7.39. The Bertz CT molecular complexity index is 1650. The van der Waals surface area contributed by atoms with Crippen molar-refractivity contribution in [2.75, 3.05) is 13.1 Å². The van der Waals surface area contributed by atoms with E-state index in [1.165, 1.54) is 44.5 Å². The summed E-state index contributed by atoms with van der Waals surface area (Å²) in [6.07, 6.45) is 9.24. The van der Waals surface area contributed by atoms with Crippen molar-refractivity contribution in [1.82, 2.24) is 4.90 Å². The van der Waals surface area contributed by atoms with Crippen LogP contribution in [0.2, 0.25) is 0 Å². The molecule has 4 aromatic carbocycles. The van der Waals surface area contributed by atoms with E-state index in [0.29, 0.717) is 17.9 Å². The van der Waals surface area contributed by atoms with Crippen LogP contribution in [0.3, 0.4) is 0 Å². The van der Waals surface area contributed by atoms with E-state index in [0.717, 1.165) is 31.4 Å². The first-order valence-corrected chi connectivity index (χ1v) is 14.7. The van der Waals surface area contributed by atoms with Crippen LogP contribution in [-0.4, -0.2) is 30.1 Å². The largest absolute Gasteiger partial charge is 0.364 e. The van der Waals surface area contributed by atoms with Crippen LogP contribution in [-0.2, 0) is 11.2 Å². The molecule has 0 amide bonds. The van der Waals surface area contributed by atoms with Crippen molar-refractivity contribution in [2.24, 2.45) is 11.8 Å². The van der Waals surface area contributed by atoms with Crippen LogP contribution in [0, 0.1) is 11.8 Å². The minimum atomic E-state index is -0.126. The van der Waals surface area contributed by atoms with Gasteiger partial charge in [0, 0.05) is 36.7 Å². The van der Waals surface area contributed by atoms with Gasteiger partial charge < -0.3 is 4.74 Å². The third-order valence-electron chi connectivity index (χ3n) is 9.42. The Morgan fingerprint density at radius 1 is 0.900 bits per heavy atom. The molecule has 3 heteroatoms. The molecule has 0 radical (unpaired) electrons. The number of ether oxygens (including phenoxy) is 1. The molecule has 3 saturated heterocycles. The van der Waals surface area contributed by atoms with Gasteiger partial charge in [-0.15, -0.1) is 13.2 Å². The highest BCUT2D eigenvalue weighted by atomic mass is 16.5. The Morgan fingerprint density at radius 3 is 2.27 bits per heavy atom. The number of hydrogen-bond acceptors (Lipinski definition) is 2. The van der Waals surface area contributed by atoms with E-state index >= 15 is 0 Å². The SMILES string of the molecule is C=CC(Cc1c2ccccc2cc2ccccc12)O[C@H](c1cc[nH+]c2ccccc12)[C@@H]1CC2CCN1CC2C=C. The van der Waals surface area contributed by atoms with Crippen molar-refractivity contribution in [1.29, 1.82) is 0 Å². The maximum Gasteiger partial charge on any atom is 0.211 e. The fourth-order valence-electron chi connectivity index (χ4n) is 7.39. The van der Waals surface area contributed by atoms with Crippen LogP contribution in [0.4, 0.5) is 0 Å². The average Bonchev–Trinajstić information content (AvgIpc) is 3.02. The fraction of sp³-hybridized carbons (Fsp3) is 0.270. The first kappa shape index (κ1) is 25.2. The van der Waals surface area contributed by atoms with Crippen molar-refractivity contribution in [3.63, 3.8) is 0 Å². The summed E-state index contributed by atoms with van der Waals surface area (Å²) in [5.41, 5.74) is 3.74. The zero-order chi connectivity index (χ0) is 27.1. The molecule has 0 spiro atoms. The molecule has 1 aromatic heterocycles. The second-order valence-corrected chi connectivity index (χ2v) is 11.6. The monoisotopic (exact) mass is 525 g/mol. The highest BCUT2D eigenvalue weighted by molar-refractivity contribution is 6.02. The number of nitrogens with zero attached hydrogens (tertiary/aromatic N) is 1. The van der Waals surface area contributed by atoms with Crippen LogP contribution < -0.4 is 4.98 Å². The molecule has 3 fully saturated rings. The van der Waals surface area contributed by atoms with Crippen LogP contribution in [0.15, 0.2) is 116 Å². The lowest BCUT2D eigenvalue weighted by molar-refractivity contribution is -0.344. The molecule has 4 heterocycles. The van der Waals surface area contributed by atoms with E-state index in [2.05, 4.69) is 120 Å². The molecule has 2 bridgehead atoms. The minimum absolute atomic E-state index is 0.0581. The van der Waals surface area contributed by atoms with Crippen molar-refractivity contribution in [3.8, 4) is 0 Å². The second kappa shape index (κ2) is 10.6. The van der Waals surface area contributed by atoms with Gasteiger partial charge in [0.05, 0.1) is 17.6 Å². The smallest absolute Gasteiger partial charge is 0.211 e. The number of aromatic amines is 1.